The van der Waals surface area contributed by atoms with E-state index in [1.165, 1.54) is 0 Å². The Morgan fingerprint density at radius 2 is 2.07 bits per heavy atom. The molecule has 3 rings (SSSR count). The Balaban J connectivity index is 1.59. The van der Waals surface area contributed by atoms with E-state index >= 15 is 0 Å². The molecule has 1 aromatic heterocycles. The Kier molecular flexibility index (Phi) is 6.71. The van der Waals surface area contributed by atoms with Crippen molar-refractivity contribution in [3.05, 3.63) is 70.8 Å². The normalized spacial score (nSPS) is 14.8. The first-order chi connectivity index (χ1) is 13.7. The van der Waals surface area contributed by atoms with Crippen LogP contribution in [0.5, 0.6) is 5.75 Å². The Morgan fingerprint density at radius 3 is 2.79 bits per heavy atom. The zero-order valence-corrected chi connectivity index (χ0v) is 15.9. The second kappa shape index (κ2) is 9.62. The van der Waals surface area contributed by atoms with Gasteiger partial charge in [-0.05, 0) is 23.8 Å². The fourth-order valence-electron chi connectivity index (χ4n) is 2.74. The van der Waals surface area contributed by atoms with Gasteiger partial charge in [0.25, 0.3) is 0 Å². The average molecular weight is 399 g/mol. The minimum absolute atomic E-state index is 0.0489. The number of rotatable bonds is 7. The average Bonchev–Trinajstić information content (AvgIpc) is 3.16. The SMILES string of the molecule is N#CC(C(=O)OCCOc1ccccc1)=C1NCCN1Cc1ccc(Cl)nc1. The maximum Gasteiger partial charge on any atom is 0.352 e. The largest absolute Gasteiger partial charge is 0.490 e. The number of aromatic nitrogens is 1. The number of hydrogen-bond acceptors (Lipinski definition) is 7. The summed E-state index contributed by atoms with van der Waals surface area (Å²) < 4.78 is 10.7. The highest BCUT2D eigenvalue weighted by molar-refractivity contribution is 6.29. The Labute approximate surface area is 168 Å². The highest BCUT2D eigenvalue weighted by Crippen LogP contribution is 2.18. The number of ether oxygens (including phenoxy) is 2. The van der Waals surface area contributed by atoms with Gasteiger partial charge in [-0.1, -0.05) is 35.9 Å². The van der Waals surface area contributed by atoms with Crippen LogP contribution in [-0.2, 0) is 16.1 Å². The lowest BCUT2D eigenvalue weighted by atomic mass is 10.2. The molecule has 0 unspecified atom stereocenters. The first-order valence-electron chi connectivity index (χ1n) is 8.76. The van der Waals surface area contributed by atoms with Crippen LogP contribution in [0.3, 0.4) is 0 Å². The first kappa shape index (κ1) is 19.5. The third-order valence-corrected chi connectivity index (χ3v) is 4.26. The second-order valence-corrected chi connectivity index (χ2v) is 6.36. The Hall–Kier alpha value is -3.24. The molecule has 1 saturated heterocycles. The van der Waals surface area contributed by atoms with Crippen LogP contribution in [0.25, 0.3) is 0 Å². The van der Waals surface area contributed by atoms with Gasteiger partial charge < -0.3 is 19.7 Å². The van der Waals surface area contributed by atoms with Crippen molar-refractivity contribution in [2.75, 3.05) is 26.3 Å². The molecular weight excluding hydrogens is 380 g/mol. The van der Waals surface area contributed by atoms with Crippen molar-refractivity contribution in [1.82, 2.24) is 15.2 Å². The van der Waals surface area contributed by atoms with Crippen LogP contribution in [0.1, 0.15) is 5.56 Å². The number of para-hydroxylation sites is 1. The number of pyridine rings is 1. The molecular formula is C20H19ClN4O3. The molecule has 0 radical (unpaired) electrons. The molecule has 0 aliphatic carbocycles. The van der Waals surface area contributed by atoms with E-state index in [-0.39, 0.29) is 18.8 Å². The number of nitrogens with zero attached hydrogens (tertiary/aromatic N) is 3. The molecule has 1 N–H and O–H groups in total. The highest BCUT2D eigenvalue weighted by Gasteiger charge is 2.25. The van der Waals surface area contributed by atoms with Gasteiger partial charge in [-0.2, -0.15) is 5.26 Å². The van der Waals surface area contributed by atoms with Crippen molar-refractivity contribution < 1.29 is 14.3 Å². The van der Waals surface area contributed by atoms with Crippen LogP contribution in [0.15, 0.2) is 60.1 Å². The standard InChI is InChI=1S/C20H19ClN4O3/c21-18-7-6-15(13-24-18)14-25-9-8-23-19(25)17(12-22)20(26)28-11-10-27-16-4-2-1-3-5-16/h1-7,13,23H,8-11,14H2. The van der Waals surface area contributed by atoms with Crippen molar-refractivity contribution in [2.45, 2.75) is 6.54 Å². The van der Waals surface area contributed by atoms with Crippen LogP contribution >= 0.6 is 11.6 Å². The number of halogens is 1. The van der Waals surface area contributed by atoms with E-state index < -0.39 is 5.97 Å². The van der Waals surface area contributed by atoms with Gasteiger partial charge in [0.1, 0.15) is 36.0 Å². The van der Waals surface area contributed by atoms with Gasteiger partial charge in [0.15, 0.2) is 5.57 Å². The number of carbonyl (C=O) groups is 1. The molecule has 1 fully saturated rings. The Bertz CT molecular complexity index is 879. The van der Waals surface area contributed by atoms with Crippen LogP contribution in [-0.4, -0.2) is 42.2 Å². The topological polar surface area (TPSA) is 87.5 Å². The van der Waals surface area contributed by atoms with Crippen LogP contribution in [0.4, 0.5) is 0 Å². The molecule has 0 amide bonds. The molecule has 2 heterocycles. The van der Waals surface area contributed by atoms with Crippen molar-refractivity contribution in [3.8, 4) is 11.8 Å². The summed E-state index contributed by atoms with van der Waals surface area (Å²) in [5.41, 5.74) is 0.867. The summed E-state index contributed by atoms with van der Waals surface area (Å²) in [7, 11) is 0. The molecule has 2 aromatic rings. The van der Waals surface area contributed by atoms with Crippen LogP contribution < -0.4 is 10.1 Å². The van der Waals surface area contributed by atoms with E-state index in [4.69, 9.17) is 21.1 Å². The van der Waals surface area contributed by atoms with E-state index in [0.29, 0.717) is 36.4 Å². The van der Waals surface area contributed by atoms with Gasteiger partial charge in [0.05, 0.1) is 0 Å². The molecule has 28 heavy (non-hydrogen) atoms. The molecule has 1 aromatic carbocycles. The molecule has 0 spiro atoms. The third-order valence-electron chi connectivity index (χ3n) is 4.03. The van der Waals surface area contributed by atoms with E-state index in [1.807, 2.05) is 47.4 Å². The molecule has 0 bridgehead atoms. The molecule has 0 atom stereocenters. The lowest BCUT2D eigenvalue weighted by molar-refractivity contribution is -0.139. The van der Waals surface area contributed by atoms with E-state index in [1.54, 1.807) is 12.3 Å². The van der Waals surface area contributed by atoms with Crippen molar-refractivity contribution in [1.29, 1.82) is 5.26 Å². The summed E-state index contributed by atoms with van der Waals surface area (Å²) in [5.74, 6) is 0.479. The molecule has 8 heteroatoms. The van der Waals surface area contributed by atoms with Gasteiger partial charge in [-0.15, -0.1) is 0 Å². The highest BCUT2D eigenvalue weighted by atomic mass is 35.5. The summed E-state index contributed by atoms with van der Waals surface area (Å²) in [4.78, 5) is 18.3. The minimum Gasteiger partial charge on any atom is -0.490 e. The smallest absolute Gasteiger partial charge is 0.352 e. The quantitative estimate of drug-likeness (QED) is 0.252. The molecule has 144 valence electrons. The minimum atomic E-state index is -0.678. The molecule has 1 aliphatic heterocycles. The molecule has 1 aliphatic rings. The summed E-state index contributed by atoms with van der Waals surface area (Å²) >= 11 is 5.81. The molecule has 7 nitrogen and oxygen atoms in total. The second-order valence-electron chi connectivity index (χ2n) is 5.97. The van der Waals surface area contributed by atoms with E-state index in [9.17, 15) is 10.1 Å². The van der Waals surface area contributed by atoms with Gasteiger partial charge in [0.2, 0.25) is 0 Å². The van der Waals surface area contributed by atoms with Gasteiger partial charge in [-0.3, -0.25) is 0 Å². The van der Waals surface area contributed by atoms with Crippen molar-refractivity contribution in [3.63, 3.8) is 0 Å². The number of carbonyl (C=O) groups excluding carboxylic acids is 1. The fourth-order valence-corrected chi connectivity index (χ4v) is 2.85. The number of benzene rings is 1. The van der Waals surface area contributed by atoms with Gasteiger partial charge in [-0.25, -0.2) is 9.78 Å². The summed E-state index contributed by atoms with van der Waals surface area (Å²) in [6.45, 7) is 2.05. The zero-order chi connectivity index (χ0) is 19.8. The van der Waals surface area contributed by atoms with Gasteiger partial charge in [0, 0.05) is 25.8 Å². The summed E-state index contributed by atoms with van der Waals surface area (Å²) in [6.07, 6.45) is 1.67. The van der Waals surface area contributed by atoms with Crippen molar-refractivity contribution in [2.24, 2.45) is 0 Å². The predicted octanol–water partition coefficient (Wildman–Crippen LogP) is 2.50. The number of hydrogen-bond donors (Lipinski definition) is 1. The van der Waals surface area contributed by atoms with Crippen LogP contribution in [0, 0.1) is 11.3 Å². The first-order valence-corrected chi connectivity index (χ1v) is 9.14. The van der Waals surface area contributed by atoms with Crippen LogP contribution in [0.2, 0.25) is 5.15 Å². The number of esters is 1. The summed E-state index contributed by atoms with van der Waals surface area (Å²) in [5, 5.41) is 13.0. The maximum atomic E-state index is 12.4. The lowest BCUT2D eigenvalue weighted by Gasteiger charge is -2.19. The maximum absolute atomic E-state index is 12.4. The Morgan fingerprint density at radius 1 is 1.25 bits per heavy atom. The lowest BCUT2D eigenvalue weighted by Crippen LogP contribution is -2.25. The number of nitriles is 1. The fraction of sp³-hybridized carbons (Fsp3) is 0.250. The third kappa shape index (κ3) is 5.15. The van der Waals surface area contributed by atoms with E-state index in [2.05, 4.69) is 10.3 Å². The monoisotopic (exact) mass is 398 g/mol. The zero-order valence-electron chi connectivity index (χ0n) is 15.1. The van der Waals surface area contributed by atoms with Gasteiger partial charge >= 0.3 is 5.97 Å². The van der Waals surface area contributed by atoms with Crippen molar-refractivity contribution >= 4 is 17.6 Å². The predicted molar refractivity (Wildman–Crippen MR) is 103 cm³/mol. The summed E-state index contributed by atoms with van der Waals surface area (Å²) in [6, 6.07) is 14.7. The molecule has 0 saturated carbocycles. The van der Waals surface area contributed by atoms with E-state index in [0.717, 1.165) is 5.56 Å². The number of nitrogens with one attached hydrogen (secondary N) is 1.